The highest BCUT2D eigenvalue weighted by molar-refractivity contribution is 6.31. The van der Waals surface area contributed by atoms with Crippen LogP contribution in [0.4, 0.5) is 5.69 Å². The summed E-state index contributed by atoms with van der Waals surface area (Å²) in [5.41, 5.74) is 0.983. The van der Waals surface area contributed by atoms with E-state index in [-0.39, 0.29) is 5.91 Å². The van der Waals surface area contributed by atoms with Gasteiger partial charge in [0.2, 0.25) is 0 Å². The molecule has 0 aliphatic carbocycles. The second-order valence-electron chi connectivity index (χ2n) is 5.02. The summed E-state index contributed by atoms with van der Waals surface area (Å²) in [6.07, 6.45) is 0. The monoisotopic (exact) mass is 357 g/mol. The van der Waals surface area contributed by atoms with E-state index in [1.54, 1.807) is 42.5 Å². The molecule has 3 aromatic carbocycles. The molecule has 0 aliphatic heterocycles. The molecule has 0 saturated heterocycles. The Hall–Kier alpha value is -2.49. The van der Waals surface area contributed by atoms with Gasteiger partial charge in [0.1, 0.15) is 5.75 Å². The molecule has 0 saturated carbocycles. The van der Waals surface area contributed by atoms with Gasteiger partial charge in [0.15, 0.2) is 5.75 Å². The lowest BCUT2D eigenvalue weighted by Crippen LogP contribution is -2.12. The van der Waals surface area contributed by atoms with Crippen LogP contribution >= 0.6 is 23.2 Å². The molecule has 0 fully saturated rings. The molecule has 0 spiro atoms. The summed E-state index contributed by atoms with van der Waals surface area (Å²) in [5, 5.41) is 3.89. The van der Waals surface area contributed by atoms with Crippen LogP contribution in [0.1, 0.15) is 10.4 Å². The van der Waals surface area contributed by atoms with E-state index in [1.165, 1.54) is 0 Å². The van der Waals surface area contributed by atoms with Crippen molar-refractivity contribution >= 4 is 34.8 Å². The quantitative estimate of drug-likeness (QED) is 0.618. The Bertz CT molecular complexity index is 849. The summed E-state index contributed by atoms with van der Waals surface area (Å²) in [6, 6.07) is 21.0. The van der Waals surface area contributed by atoms with E-state index >= 15 is 0 Å². The van der Waals surface area contributed by atoms with Crippen molar-refractivity contribution in [3.05, 3.63) is 88.4 Å². The minimum absolute atomic E-state index is 0.271. The third-order valence-corrected chi connectivity index (χ3v) is 3.75. The standard InChI is InChI=1S/C19H13Cl2NO2/c20-14-8-6-13(7-9-14)19(23)22-17-12-15(21)10-11-18(17)24-16-4-2-1-3-5-16/h1-12H,(H,22,23). The van der Waals surface area contributed by atoms with Crippen LogP contribution in [0.3, 0.4) is 0 Å². The zero-order valence-corrected chi connectivity index (χ0v) is 14.0. The first-order valence-corrected chi connectivity index (χ1v) is 7.97. The number of hydrogen-bond donors (Lipinski definition) is 1. The average molecular weight is 358 g/mol. The summed E-state index contributed by atoms with van der Waals surface area (Å²) in [5.74, 6) is 0.904. The van der Waals surface area contributed by atoms with Crippen LogP contribution in [0, 0.1) is 0 Å². The van der Waals surface area contributed by atoms with Crippen molar-refractivity contribution in [2.45, 2.75) is 0 Å². The van der Waals surface area contributed by atoms with Crippen LogP contribution in [0.2, 0.25) is 10.0 Å². The van der Waals surface area contributed by atoms with E-state index in [1.807, 2.05) is 30.3 Å². The Morgan fingerprint density at radius 2 is 1.50 bits per heavy atom. The summed E-state index contributed by atoms with van der Waals surface area (Å²) in [4.78, 5) is 12.4. The number of nitrogens with one attached hydrogen (secondary N) is 1. The summed E-state index contributed by atoms with van der Waals surface area (Å²) >= 11 is 11.9. The van der Waals surface area contributed by atoms with Crippen LogP contribution in [0.5, 0.6) is 11.5 Å². The number of carbonyl (C=O) groups is 1. The van der Waals surface area contributed by atoms with Crippen molar-refractivity contribution in [3.8, 4) is 11.5 Å². The van der Waals surface area contributed by atoms with Crippen molar-refractivity contribution in [1.29, 1.82) is 0 Å². The highest BCUT2D eigenvalue weighted by Gasteiger charge is 2.11. The van der Waals surface area contributed by atoms with E-state index < -0.39 is 0 Å². The van der Waals surface area contributed by atoms with E-state index in [0.717, 1.165) is 0 Å². The number of para-hydroxylation sites is 1. The number of hydrogen-bond acceptors (Lipinski definition) is 2. The lowest BCUT2D eigenvalue weighted by Gasteiger charge is -2.13. The van der Waals surface area contributed by atoms with Crippen molar-refractivity contribution in [2.24, 2.45) is 0 Å². The minimum Gasteiger partial charge on any atom is -0.455 e. The number of ether oxygens (including phenoxy) is 1. The molecule has 3 aromatic rings. The van der Waals surface area contributed by atoms with Crippen LogP contribution in [0.15, 0.2) is 72.8 Å². The molecule has 0 radical (unpaired) electrons. The van der Waals surface area contributed by atoms with Crippen LogP contribution in [-0.4, -0.2) is 5.91 Å². The fourth-order valence-corrected chi connectivity index (χ4v) is 2.40. The van der Waals surface area contributed by atoms with Gasteiger partial charge < -0.3 is 10.1 Å². The first kappa shape index (κ1) is 16.4. The SMILES string of the molecule is O=C(Nc1cc(Cl)ccc1Oc1ccccc1)c1ccc(Cl)cc1. The maximum atomic E-state index is 12.4. The van der Waals surface area contributed by atoms with Gasteiger partial charge in [-0.3, -0.25) is 4.79 Å². The molecule has 3 rings (SSSR count). The number of benzene rings is 3. The molecule has 1 amide bonds. The molecule has 0 bridgehead atoms. The van der Waals surface area contributed by atoms with Crippen molar-refractivity contribution in [1.82, 2.24) is 0 Å². The normalized spacial score (nSPS) is 10.2. The second kappa shape index (κ2) is 7.39. The molecule has 0 atom stereocenters. The molecule has 0 aromatic heterocycles. The van der Waals surface area contributed by atoms with Gasteiger partial charge >= 0.3 is 0 Å². The van der Waals surface area contributed by atoms with Gasteiger partial charge in [0.05, 0.1) is 5.69 Å². The third-order valence-electron chi connectivity index (χ3n) is 3.27. The van der Waals surface area contributed by atoms with Crippen molar-refractivity contribution in [3.63, 3.8) is 0 Å². The Labute approximate surface area is 149 Å². The minimum atomic E-state index is -0.271. The Balaban J connectivity index is 1.85. The molecule has 120 valence electrons. The zero-order valence-electron chi connectivity index (χ0n) is 12.5. The lowest BCUT2D eigenvalue weighted by molar-refractivity contribution is 0.102. The predicted molar refractivity (Wildman–Crippen MR) is 97.4 cm³/mol. The first-order valence-electron chi connectivity index (χ1n) is 7.21. The van der Waals surface area contributed by atoms with Crippen molar-refractivity contribution < 1.29 is 9.53 Å². The molecular formula is C19H13Cl2NO2. The van der Waals surface area contributed by atoms with E-state index in [4.69, 9.17) is 27.9 Å². The van der Waals surface area contributed by atoms with Gasteiger partial charge in [-0.2, -0.15) is 0 Å². The smallest absolute Gasteiger partial charge is 0.255 e. The first-order chi connectivity index (χ1) is 11.6. The predicted octanol–water partition coefficient (Wildman–Crippen LogP) is 6.04. The van der Waals surface area contributed by atoms with Gasteiger partial charge in [0, 0.05) is 15.6 Å². The Kier molecular flexibility index (Phi) is 5.04. The molecule has 0 aliphatic rings. The maximum Gasteiger partial charge on any atom is 0.255 e. The van der Waals surface area contributed by atoms with Crippen molar-refractivity contribution in [2.75, 3.05) is 5.32 Å². The fourth-order valence-electron chi connectivity index (χ4n) is 2.10. The summed E-state index contributed by atoms with van der Waals surface area (Å²) in [6.45, 7) is 0. The number of amides is 1. The fraction of sp³-hybridized carbons (Fsp3) is 0. The number of anilines is 1. The second-order valence-corrected chi connectivity index (χ2v) is 5.89. The summed E-state index contributed by atoms with van der Waals surface area (Å²) < 4.78 is 5.83. The summed E-state index contributed by atoms with van der Waals surface area (Å²) in [7, 11) is 0. The molecule has 3 nitrogen and oxygen atoms in total. The molecular weight excluding hydrogens is 345 g/mol. The highest BCUT2D eigenvalue weighted by atomic mass is 35.5. The molecule has 5 heteroatoms. The average Bonchev–Trinajstić information content (AvgIpc) is 2.59. The van der Waals surface area contributed by atoms with Gasteiger partial charge in [0.25, 0.3) is 5.91 Å². The van der Waals surface area contributed by atoms with E-state index in [2.05, 4.69) is 5.32 Å². The van der Waals surface area contributed by atoms with Crippen LogP contribution in [0.25, 0.3) is 0 Å². The largest absolute Gasteiger partial charge is 0.455 e. The van der Waals surface area contributed by atoms with Gasteiger partial charge in [-0.05, 0) is 54.6 Å². The lowest BCUT2D eigenvalue weighted by atomic mass is 10.2. The zero-order chi connectivity index (χ0) is 16.9. The Morgan fingerprint density at radius 3 is 2.21 bits per heavy atom. The number of carbonyl (C=O) groups excluding carboxylic acids is 1. The van der Waals surface area contributed by atoms with Gasteiger partial charge in [-0.15, -0.1) is 0 Å². The van der Waals surface area contributed by atoms with E-state index in [9.17, 15) is 4.79 Å². The van der Waals surface area contributed by atoms with Gasteiger partial charge in [-0.1, -0.05) is 41.4 Å². The number of rotatable bonds is 4. The van der Waals surface area contributed by atoms with E-state index in [0.29, 0.717) is 32.8 Å². The third kappa shape index (κ3) is 4.07. The molecule has 24 heavy (non-hydrogen) atoms. The Morgan fingerprint density at radius 1 is 0.833 bits per heavy atom. The number of halogens is 2. The van der Waals surface area contributed by atoms with Gasteiger partial charge in [-0.25, -0.2) is 0 Å². The van der Waals surface area contributed by atoms with Crippen LogP contribution in [-0.2, 0) is 0 Å². The molecule has 0 heterocycles. The maximum absolute atomic E-state index is 12.4. The van der Waals surface area contributed by atoms with Crippen LogP contribution < -0.4 is 10.1 Å². The molecule has 0 unspecified atom stereocenters. The topological polar surface area (TPSA) is 38.3 Å². The molecule has 1 N–H and O–H groups in total. The highest BCUT2D eigenvalue weighted by Crippen LogP contribution is 2.32.